The molecule has 1 aliphatic carbocycles. The van der Waals surface area contributed by atoms with E-state index < -0.39 is 6.09 Å². The van der Waals surface area contributed by atoms with Gasteiger partial charge in [-0.05, 0) is 37.1 Å². The quantitative estimate of drug-likeness (QED) is 0.370. The molecule has 0 bridgehead atoms. The first-order chi connectivity index (χ1) is 19.0. The molecule has 1 aromatic heterocycles. The number of ether oxygens (including phenoxy) is 1. The number of aromatic nitrogens is 2. The minimum atomic E-state index is -1.03. The van der Waals surface area contributed by atoms with E-state index in [2.05, 4.69) is 15.6 Å². The van der Waals surface area contributed by atoms with Crippen molar-refractivity contribution in [2.75, 3.05) is 26.2 Å². The second kappa shape index (κ2) is 12.5. The maximum absolute atomic E-state index is 14.1. The molecule has 9 nitrogen and oxygen atoms in total. The Morgan fingerprint density at radius 3 is 2.64 bits per heavy atom. The van der Waals surface area contributed by atoms with Gasteiger partial charge >= 0.3 is 6.09 Å². The second-order valence-corrected chi connectivity index (χ2v) is 10.5. The van der Waals surface area contributed by atoms with Gasteiger partial charge in [0.15, 0.2) is 5.69 Å². The summed E-state index contributed by atoms with van der Waals surface area (Å²) in [7, 11) is 0. The summed E-state index contributed by atoms with van der Waals surface area (Å²) in [6.07, 6.45) is 4.86. The minimum absolute atomic E-state index is 0.0524. The van der Waals surface area contributed by atoms with E-state index in [0.717, 1.165) is 42.7 Å². The van der Waals surface area contributed by atoms with Crippen LogP contribution in [0.3, 0.4) is 0 Å². The highest BCUT2D eigenvalue weighted by Gasteiger charge is 2.35. The van der Waals surface area contributed by atoms with Crippen molar-refractivity contribution in [1.82, 2.24) is 25.1 Å². The molecule has 3 aromatic rings. The number of hydrogen-bond acceptors (Lipinski definition) is 5. The van der Waals surface area contributed by atoms with E-state index in [-0.39, 0.29) is 24.0 Å². The third kappa shape index (κ3) is 6.37. The van der Waals surface area contributed by atoms with Crippen LogP contribution in [0.4, 0.5) is 4.79 Å². The summed E-state index contributed by atoms with van der Waals surface area (Å²) in [5, 5.41) is 16.2. The van der Waals surface area contributed by atoms with E-state index in [1.807, 2.05) is 51.9 Å². The normalized spacial score (nSPS) is 21.4. The molecule has 3 N–H and O–H groups in total. The number of amides is 2. The third-order valence-corrected chi connectivity index (χ3v) is 7.84. The van der Waals surface area contributed by atoms with Gasteiger partial charge in [-0.15, -0.1) is 0 Å². The molecule has 2 amide bonds. The fourth-order valence-electron chi connectivity index (χ4n) is 5.69. The van der Waals surface area contributed by atoms with E-state index in [9.17, 15) is 14.7 Å². The molecule has 5 rings (SSSR count). The fourth-order valence-corrected chi connectivity index (χ4v) is 5.81. The topological polar surface area (TPSA) is 109 Å². The van der Waals surface area contributed by atoms with Crippen LogP contribution in [-0.4, -0.2) is 69.9 Å². The Labute approximate surface area is 233 Å². The first-order valence-corrected chi connectivity index (χ1v) is 13.9. The summed E-state index contributed by atoms with van der Waals surface area (Å²) in [6.45, 7) is 2.40. The van der Waals surface area contributed by atoms with Crippen LogP contribution in [0, 0.1) is 0 Å². The highest BCUT2D eigenvalue weighted by atomic mass is 35.5. The Morgan fingerprint density at radius 2 is 1.87 bits per heavy atom. The average Bonchev–Trinajstić information content (AvgIpc) is 3.39. The van der Waals surface area contributed by atoms with E-state index in [4.69, 9.17) is 16.3 Å². The Hall–Kier alpha value is -3.56. The molecule has 2 aromatic carbocycles. The maximum Gasteiger partial charge on any atom is 0.404 e. The first kappa shape index (κ1) is 27.0. The molecule has 1 saturated heterocycles. The van der Waals surface area contributed by atoms with E-state index in [1.54, 1.807) is 18.5 Å². The lowest BCUT2D eigenvalue weighted by Crippen LogP contribution is -2.54. The van der Waals surface area contributed by atoms with Crippen molar-refractivity contribution < 1.29 is 19.4 Å². The van der Waals surface area contributed by atoms with Crippen LogP contribution in [0.15, 0.2) is 60.9 Å². The zero-order valence-corrected chi connectivity index (χ0v) is 22.5. The predicted octanol–water partition coefficient (Wildman–Crippen LogP) is 4.84. The maximum atomic E-state index is 14.1. The van der Waals surface area contributed by atoms with Gasteiger partial charge in [0.25, 0.3) is 5.91 Å². The van der Waals surface area contributed by atoms with Gasteiger partial charge < -0.3 is 29.9 Å². The lowest BCUT2D eigenvalue weighted by Gasteiger charge is -2.36. The first-order valence-electron chi connectivity index (χ1n) is 13.5. The summed E-state index contributed by atoms with van der Waals surface area (Å²) in [5.74, 6) is 0.618. The molecule has 0 spiro atoms. The fraction of sp³-hybridized carbons (Fsp3) is 0.414. The number of hydrogen-bond donors (Lipinski definition) is 3. The van der Waals surface area contributed by atoms with Crippen molar-refractivity contribution in [3.8, 4) is 17.0 Å². The van der Waals surface area contributed by atoms with Crippen LogP contribution in [0.2, 0.25) is 5.02 Å². The number of benzene rings is 2. The zero-order valence-electron chi connectivity index (χ0n) is 21.8. The number of imidazole rings is 1. The number of nitrogens with zero attached hydrogens (tertiary/aromatic N) is 3. The van der Waals surface area contributed by atoms with Gasteiger partial charge in [0.05, 0.1) is 30.7 Å². The number of nitrogens with one attached hydrogen (secondary N) is 2. The van der Waals surface area contributed by atoms with Gasteiger partial charge in [0.2, 0.25) is 0 Å². The van der Waals surface area contributed by atoms with Gasteiger partial charge in [0, 0.05) is 42.7 Å². The van der Waals surface area contributed by atoms with Crippen molar-refractivity contribution >= 4 is 23.6 Å². The number of carbonyl (C=O) groups is 2. The second-order valence-electron chi connectivity index (χ2n) is 10.1. The highest BCUT2D eigenvalue weighted by molar-refractivity contribution is 6.30. The predicted molar refractivity (Wildman–Crippen MR) is 149 cm³/mol. The molecule has 0 unspecified atom stereocenters. The number of carboxylic acid groups (broad SMARTS) is 1. The SMILES string of the molecule is O=C(O)N[C@H]1CCCC[C@@H]1n1cnc(C(=O)N2CCNC[C@H]2CCOc2ccc(Cl)cc2)c1-c1ccccc1. The Kier molecular flexibility index (Phi) is 8.68. The van der Waals surface area contributed by atoms with Gasteiger partial charge in [0.1, 0.15) is 5.75 Å². The van der Waals surface area contributed by atoms with Gasteiger partial charge in [-0.3, -0.25) is 4.79 Å². The largest absolute Gasteiger partial charge is 0.494 e. The molecule has 10 heteroatoms. The van der Waals surface area contributed by atoms with Crippen LogP contribution in [0.1, 0.15) is 48.6 Å². The lowest BCUT2D eigenvalue weighted by atomic mass is 9.89. The molecular formula is C29H34ClN5O4. The number of rotatable bonds is 8. The van der Waals surface area contributed by atoms with Crippen molar-refractivity contribution in [1.29, 1.82) is 0 Å². The van der Waals surface area contributed by atoms with Crippen LogP contribution < -0.4 is 15.4 Å². The monoisotopic (exact) mass is 551 g/mol. The number of carbonyl (C=O) groups excluding carboxylic acids is 1. The molecule has 3 atom stereocenters. The molecule has 0 radical (unpaired) electrons. The van der Waals surface area contributed by atoms with Crippen molar-refractivity contribution in [2.24, 2.45) is 0 Å². The Bertz CT molecular complexity index is 1270. The molecule has 206 valence electrons. The third-order valence-electron chi connectivity index (χ3n) is 7.58. The van der Waals surface area contributed by atoms with Crippen molar-refractivity contribution in [3.05, 3.63) is 71.6 Å². The average molecular weight is 552 g/mol. The van der Waals surface area contributed by atoms with Gasteiger partial charge in [-0.2, -0.15) is 0 Å². The number of halogens is 1. The summed E-state index contributed by atoms with van der Waals surface area (Å²) in [6, 6.07) is 16.6. The molecular weight excluding hydrogens is 518 g/mol. The van der Waals surface area contributed by atoms with Crippen molar-refractivity contribution in [2.45, 2.75) is 50.2 Å². The summed E-state index contributed by atoms with van der Waals surface area (Å²) >= 11 is 5.97. The minimum Gasteiger partial charge on any atom is -0.494 e. The molecule has 2 aliphatic rings. The summed E-state index contributed by atoms with van der Waals surface area (Å²) in [4.78, 5) is 32.2. The molecule has 1 saturated carbocycles. The standard InChI is InChI=1S/C29H34ClN5O4/c30-21-10-12-23(13-11-21)39-17-14-22-18-31-15-16-34(22)28(36)26-27(20-6-2-1-3-7-20)35(19-32-26)25-9-5-4-8-24(25)33-29(37)38/h1-3,6-7,10-13,19,22,24-25,31,33H,4-5,8-9,14-18H2,(H,37,38)/t22-,24+,25+/m1/s1. The van der Waals surface area contributed by atoms with Crippen LogP contribution in [0.25, 0.3) is 11.3 Å². The van der Waals surface area contributed by atoms with E-state index in [1.165, 1.54) is 0 Å². The Morgan fingerprint density at radius 1 is 1.10 bits per heavy atom. The van der Waals surface area contributed by atoms with Gasteiger partial charge in [-0.25, -0.2) is 9.78 Å². The van der Waals surface area contributed by atoms with Crippen LogP contribution in [0.5, 0.6) is 5.75 Å². The van der Waals surface area contributed by atoms with Crippen molar-refractivity contribution in [3.63, 3.8) is 0 Å². The number of piperazine rings is 1. The smallest absolute Gasteiger partial charge is 0.404 e. The zero-order chi connectivity index (χ0) is 27.2. The molecule has 1 aliphatic heterocycles. The summed E-state index contributed by atoms with van der Waals surface area (Å²) in [5.41, 5.74) is 2.02. The van der Waals surface area contributed by atoms with Gasteiger partial charge in [-0.1, -0.05) is 54.8 Å². The highest BCUT2D eigenvalue weighted by Crippen LogP contribution is 2.35. The van der Waals surface area contributed by atoms with Crippen LogP contribution >= 0.6 is 11.6 Å². The van der Waals surface area contributed by atoms with Crippen LogP contribution in [-0.2, 0) is 0 Å². The molecule has 2 fully saturated rings. The molecule has 39 heavy (non-hydrogen) atoms. The van der Waals surface area contributed by atoms with E-state index in [0.29, 0.717) is 43.4 Å². The Balaban J connectivity index is 1.40. The summed E-state index contributed by atoms with van der Waals surface area (Å²) < 4.78 is 7.94. The van der Waals surface area contributed by atoms with E-state index >= 15 is 0 Å². The molecule has 2 heterocycles. The lowest BCUT2D eigenvalue weighted by molar-refractivity contribution is 0.0601.